The Balaban J connectivity index is 1.59. The summed E-state index contributed by atoms with van der Waals surface area (Å²) < 4.78 is 2.61. The number of pyridine rings is 1. The fourth-order valence-corrected chi connectivity index (χ4v) is 3.05. The van der Waals surface area contributed by atoms with Crippen molar-refractivity contribution in [1.82, 2.24) is 14.8 Å². The minimum absolute atomic E-state index is 0.0744. The molecule has 2 N–H and O–H groups in total. The van der Waals surface area contributed by atoms with Gasteiger partial charge in [-0.15, -0.1) is 0 Å². The summed E-state index contributed by atoms with van der Waals surface area (Å²) in [5.74, 6) is -0.353. The van der Waals surface area contributed by atoms with Crippen LogP contribution in [0.3, 0.4) is 0 Å². The largest absolute Gasteiger partial charge is 0.507 e. The van der Waals surface area contributed by atoms with Crippen LogP contribution < -0.4 is 5.43 Å². The molecule has 2 aromatic carbocycles. The molecule has 6 nitrogen and oxygen atoms in total. The minimum atomic E-state index is -0.427. The Labute approximate surface area is 156 Å². The molecular formula is C19H13BrN4O2. The highest BCUT2D eigenvalue weighted by Crippen LogP contribution is 2.20. The van der Waals surface area contributed by atoms with E-state index in [4.69, 9.17) is 0 Å². The normalized spacial score (nSPS) is 11.4. The lowest BCUT2D eigenvalue weighted by molar-refractivity contribution is 0.0950. The molecule has 128 valence electrons. The van der Waals surface area contributed by atoms with Gasteiger partial charge in [0.05, 0.1) is 6.21 Å². The molecule has 0 aliphatic carbocycles. The highest BCUT2D eigenvalue weighted by Gasteiger charge is 2.11. The molecule has 4 rings (SSSR count). The molecule has 7 heteroatoms. The molecule has 26 heavy (non-hydrogen) atoms. The number of carbonyl (C=O) groups excluding carboxylic acids is 1. The van der Waals surface area contributed by atoms with Gasteiger partial charge >= 0.3 is 0 Å². The van der Waals surface area contributed by atoms with Crippen LogP contribution in [0, 0.1) is 0 Å². The van der Waals surface area contributed by atoms with Gasteiger partial charge in [0.25, 0.3) is 5.91 Å². The molecule has 0 radical (unpaired) electrons. The van der Waals surface area contributed by atoms with Crippen molar-refractivity contribution in [3.8, 4) is 5.75 Å². The van der Waals surface area contributed by atoms with Crippen LogP contribution >= 0.6 is 15.9 Å². The number of benzene rings is 2. The quantitative estimate of drug-likeness (QED) is 0.400. The van der Waals surface area contributed by atoms with Crippen molar-refractivity contribution in [2.24, 2.45) is 5.10 Å². The molecule has 0 aliphatic heterocycles. The van der Waals surface area contributed by atoms with E-state index >= 15 is 0 Å². The van der Waals surface area contributed by atoms with Gasteiger partial charge in [-0.25, -0.2) is 10.4 Å². The van der Waals surface area contributed by atoms with E-state index in [2.05, 4.69) is 31.4 Å². The predicted octanol–water partition coefficient (Wildman–Crippen LogP) is 3.72. The summed E-state index contributed by atoms with van der Waals surface area (Å²) in [5.41, 5.74) is 3.89. The van der Waals surface area contributed by atoms with Crippen LogP contribution in [0.15, 0.2) is 70.5 Å². The second-order valence-corrected chi connectivity index (χ2v) is 6.58. The number of hydrogen-bond donors (Lipinski definition) is 2. The zero-order valence-corrected chi connectivity index (χ0v) is 15.0. The maximum atomic E-state index is 12.3. The van der Waals surface area contributed by atoms with Gasteiger partial charge in [-0.3, -0.25) is 4.79 Å². The maximum absolute atomic E-state index is 12.3. The first-order chi connectivity index (χ1) is 12.6. The summed E-state index contributed by atoms with van der Waals surface area (Å²) in [4.78, 5) is 16.7. The summed E-state index contributed by atoms with van der Waals surface area (Å²) in [6.45, 7) is 0. The Kier molecular flexibility index (Phi) is 4.14. The number of hydrogen-bond acceptors (Lipinski definition) is 4. The third kappa shape index (κ3) is 3.04. The van der Waals surface area contributed by atoms with E-state index in [1.54, 1.807) is 28.8 Å². The highest BCUT2D eigenvalue weighted by atomic mass is 79.9. The summed E-state index contributed by atoms with van der Waals surface area (Å²) in [6.07, 6.45) is 4.90. The van der Waals surface area contributed by atoms with Crippen LogP contribution in [0.1, 0.15) is 16.1 Å². The number of nitrogens with zero attached hydrogens (tertiary/aromatic N) is 3. The Morgan fingerprint density at radius 2 is 2.08 bits per heavy atom. The third-order valence-corrected chi connectivity index (χ3v) is 4.43. The summed E-state index contributed by atoms with van der Waals surface area (Å²) >= 11 is 3.32. The van der Waals surface area contributed by atoms with Gasteiger partial charge in [0.15, 0.2) is 0 Å². The van der Waals surface area contributed by atoms with Crippen molar-refractivity contribution < 1.29 is 9.90 Å². The number of aromatic nitrogens is 2. The number of aromatic hydroxyl groups is 1. The van der Waals surface area contributed by atoms with Crippen molar-refractivity contribution in [2.75, 3.05) is 0 Å². The first kappa shape index (κ1) is 16.3. The van der Waals surface area contributed by atoms with Gasteiger partial charge in [-0.05, 0) is 29.7 Å². The number of fused-ring (bicyclic) bond motifs is 3. The van der Waals surface area contributed by atoms with Crippen molar-refractivity contribution in [1.29, 1.82) is 0 Å². The third-order valence-electron chi connectivity index (χ3n) is 3.94. The lowest BCUT2D eigenvalue weighted by Gasteiger charge is -1.99. The van der Waals surface area contributed by atoms with Gasteiger partial charge in [0.1, 0.15) is 17.1 Å². The molecule has 0 fully saturated rings. The number of imidazole rings is 1. The Bertz CT molecular complexity index is 1170. The molecule has 4 aromatic rings. The lowest BCUT2D eigenvalue weighted by Crippen LogP contribution is -2.17. The number of carbonyl (C=O) groups is 1. The highest BCUT2D eigenvalue weighted by molar-refractivity contribution is 9.10. The van der Waals surface area contributed by atoms with Crippen LogP contribution in [0.25, 0.3) is 16.4 Å². The Hall–Kier alpha value is -3.19. The summed E-state index contributed by atoms with van der Waals surface area (Å²) in [6, 6.07) is 14.8. The van der Waals surface area contributed by atoms with Crippen LogP contribution in [-0.4, -0.2) is 26.6 Å². The van der Waals surface area contributed by atoms with Gasteiger partial charge in [-0.2, -0.15) is 5.10 Å². The fraction of sp³-hybridized carbons (Fsp3) is 0. The molecule has 2 aromatic heterocycles. The van der Waals surface area contributed by atoms with Crippen LogP contribution in [-0.2, 0) is 0 Å². The van der Waals surface area contributed by atoms with E-state index in [0.717, 1.165) is 15.2 Å². The molecule has 0 aliphatic rings. The van der Waals surface area contributed by atoms with Crippen LogP contribution in [0.2, 0.25) is 0 Å². The molecule has 0 atom stereocenters. The monoisotopic (exact) mass is 408 g/mol. The average molecular weight is 409 g/mol. The Morgan fingerprint density at radius 3 is 2.96 bits per heavy atom. The summed E-state index contributed by atoms with van der Waals surface area (Å²) in [7, 11) is 0. The number of phenols is 1. The zero-order chi connectivity index (χ0) is 18.1. The van der Waals surface area contributed by atoms with Gasteiger partial charge < -0.3 is 9.51 Å². The van der Waals surface area contributed by atoms with Gasteiger partial charge in [0.2, 0.25) is 0 Å². The number of rotatable bonds is 3. The molecule has 0 spiro atoms. The zero-order valence-electron chi connectivity index (χ0n) is 13.4. The average Bonchev–Trinajstić information content (AvgIpc) is 3.09. The van der Waals surface area contributed by atoms with Crippen molar-refractivity contribution >= 4 is 44.5 Å². The van der Waals surface area contributed by atoms with E-state index in [9.17, 15) is 9.90 Å². The van der Waals surface area contributed by atoms with Crippen molar-refractivity contribution in [3.05, 3.63) is 76.7 Å². The first-order valence-electron chi connectivity index (χ1n) is 7.80. The molecule has 1 amide bonds. The number of halogens is 1. The summed E-state index contributed by atoms with van der Waals surface area (Å²) in [5, 5.41) is 15.7. The van der Waals surface area contributed by atoms with Crippen LogP contribution in [0.4, 0.5) is 0 Å². The lowest BCUT2D eigenvalue weighted by atomic mass is 10.2. The Morgan fingerprint density at radius 1 is 1.23 bits per heavy atom. The number of amides is 1. The molecule has 0 saturated heterocycles. The van der Waals surface area contributed by atoms with Crippen molar-refractivity contribution in [3.63, 3.8) is 0 Å². The number of hydrazone groups is 1. The van der Waals surface area contributed by atoms with Gasteiger partial charge in [-0.1, -0.05) is 40.2 Å². The maximum Gasteiger partial charge on any atom is 0.291 e. The molecule has 2 heterocycles. The molecule has 0 bridgehead atoms. The number of nitrogens with one attached hydrogen (secondary N) is 1. The minimum Gasteiger partial charge on any atom is -0.507 e. The SMILES string of the molecule is O=C(N/N=C\c1cc(Br)ccc1O)c1cn2ccc3ccccc3c2n1. The van der Waals surface area contributed by atoms with E-state index in [-0.39, 0.29) is 11.4 Å². The smallest absolute Gasteiger partial charge is 0.291 e. The first-order valence-corrected chi connectivity index (χ1v) is 8.59. The molecular weight excluding hydrogens is 396 g/mol. The molecule has 0 saturated carbocycles. The second kappa shape index (κ2) is 6.61. The topological polar surface area (TPSA) is 79.0 Å². The van der Waals surface area contributed by atoms with Gasteiger partial charge in [0, 0.05) is 27.8 Å². The van der Waals surface area contributed by atoms with E-state index in [1.807, 2.05) is 36.5 Å². The van der Waals surface area contributed by atoms with Crippen molar-refractivity contribution in [2.45, 2.75) is 0 Å². The number of phenolic OH excluding ortho intramolecular Hbond substituents is 1. The fourth-order valence-electron chi connectivity index (χ4n) is 2.67. The van der Waals surface area contributed by atoms with Crippen LogP contribution in [0.5, 0.6) is 5.75 Å². The van der Waals surface area contributed by atoms with E-state index in [0.29, 0.717) is 11.2 Å². The predicted molar refractivity (Wildman–Crippen MR) is 104 cm³/mol. The standard InChI is InChI=1S/C19H13BrN4O2/c20-14-5-6-17(25)13(9-14)10-21-23-19(26)16-11-24-8-7-12-3-1-2-4-15(12)18(24)22-16/h1-11,25H,(H,23,26)/b21-10-. The molecule has 0 unspecified atom stereocenters. The van der Waals surface area contributed by atoms with E-state index < -0.39 is 5.91 Å². The second-order valence-electron chi connectivity index (χ2n) is 5.66. The van der Waals surface area contributed by atoms with E-state index in [1.165, 1.54) is 6.21 Å².